The molecule has 7 nitrogen and oxygen atoms in total. The van der Waals surface area contributed by atoms with Crippen LogP contribution in [0, 0.1) is 5.92 Å². The van der Waals surface area contributed by atoms with Gasteiger partial charge in [-0.2, -0.15) is 4.98 Å². The van der Waals surface area contributed by atoms with Gasteiger partial charge in [0, 0.05) is 6.54 Å². The molecule has 3 unspecified atom stereocenters. The van der Waals surface area contributed by atoms with Gasteiger partial charge in [-0.3, -0.25) is 9.69 Å². The van der Waals surface area contributed by atoms with Crippen molar-refractivity contribution in [3.05, 3.63) is 11.7 Å². The second kappa shape index (κ2) is 5.14. The molecule has 0 radical (unpaired) electrons. The minimum absolute atomic E-state index is 0.0948. The van der Waals surface area contributed by atoms with Crippen LogP contribution in [0.2, 0.25) is 0 Å². The maximum atomic E-state index is 10.9. The highest BCUT2D eigenvalue weighted by Crippen LogP contribution is 2.47. The van der Waals surface area contributed by atoms with Gasteiger partial charge in [0.25, 0.3) is 0 Å². The number of carboxylic acid groups (broad SMARTS) is 1. The van der Waals surface area contributed by atoms with Gasteiger partial charge in [-0.1, -0.05) is 5.16 Å². The molecule has 0 bridgehead atoms. The Morgan fingerprint density at radius 3 is 2.90 bits per heavy atom. The molecule has 2 aliphatic rings. The molecule has 1 aliphatic heterocycles. The third-order valence-corrected chi connectivity index (χ3v) is 4.25. The fourth-order valence-electron chi connectivity index (χ4n) is 2.82. The first-order valence-corrected chi connectivity index (χ1v) is 7.01. The van der Waals surface area contributed by atoms with E-state index in [-0.39, 0.29) is 17.9 Å². The van der Waals surface area contributed by atoms with Crippen molar-refractivity contribution >= 4 is 5.97 Å². The summed E-state index contributed by atoms with van der Waals surface area (Å²) in [6.07, 6.45) is 1.73. The van der Waals surface area contributed by atoms with E-state index in [1.165, 1.54) is 0 Å². The Morgan fingerprint density at radius 1 is 1.40 bits per heavy atom. The van der Waals surface area contributed by atoms with Crippen LogP contribution in [0.1, 0.15) is 36.5 Å². The normalized spacial score (nSPS) is 32.0. The van der Waals surface area contributed by atoms with Crippen LogP contribution in [0.3, 0.4) is 0 Å². The number of likely N-dealkylation sites (N-methyl/N-ethyl adjacent to an activating group) is 2. The monoisotopic (exact) mass is 280 g/mol. The Kier molecular flexibility index (Phi) is 3.47. The zero-order valence-electron chi connectivity index (χ0n) is 11.8. The molecule has 20 heavy (non-hydrogen) atoms. The quantitative estimate of drug-likeness (QED) is 0.866. The minimum Gasteiger partial charge on any atom is -0.481 e. The molecule has 1 saturated heterocycles. The van der Waals surface area contributed by atoms with Crippen LogP contribution in [-0.2, 0) is 4.79 Å². The van der Waals surface area contributed by atoms with Gasteiger partial charge in [0.05, 0.1) is 17.9 Å². The molecular weight excluding hydrogens is 260 g/mol. The van der Waals surface area contributed by atoms with E-state index in [9.17, 15) is 4.79 Å². The van der Waals surface area contributed by atoms with E-state index in [4.69, 9.17) is 9.63 Å². The highest BCUT2D eigenvalue weighted by Gasteiger charge is 2.48. The number of aliphatic carboxylic acids is 1. The highest BCUT2D eigenvalue weighted by molar-refractivity contribution is 5.74. The average Bonchev–Trinajstić information content (AvgIpc) is 3.10. The van der Waals surface area contributed by atoms with Crippen LogP contribution in [0.15, 0.2) is 4.52 Å². The summed E-state index contributed by atoms with van der Waals surface area (Å²) in [7, 11) is 4.16. The first-order chi connectivity index (χ1) is 9.56. The van der Waals surface area contributed by atoms with Crippen LogP contribution in [-0.4, -0.2) is 64.7 Å². The summed E-state index contributed by atoms with van der Waals surface area (Å²) < 4.78 is 5.28. The van der Waals surface area contributed by atoms with Crippen molar-refractivity contribution in [3.63, 3.8) is 0 Å². The van der Waals surface area contributed by atoms with Crippen molar-refractivity contribution in [1.29, 1.82) is 0 Å². The van der Waals surface area contributed by atoms with E-state index in [1.807, 2.05) is 0 Å². The SMILES string of the molecule is CN1CCCN(C)C(c2noc(C3CC3C(=O)O)n2)C1. The Hall–Kier alpha value is -1.47. The first kappa shape index (κ1) is 13.5. The molecule has 1 N–H and O–H groups in total. The third-order valence-electron chi connectivity index (χ3n) is 4.25. The molecule has 0 spiro atoms. The predicted octanol–water partition coefficient (Wildman–Crippen LogP) is 0.566. The standard InChI is InChI=1S/C13H20N4O3/c1-16-4-3-5-17(2)10(7-16)11-14-12(20-15-11)8-6-9(8)13(18)19/h8-10H,3-7H2,1-2H3,(H,18,19). The zero-order valence-corrected chi connectivity index (χ0v) is 11.8. The summed E-state index contributed by atoms with van der Waals surface area (Å²) in [6.45, 7) is 2.93. The van der Waals surface area contributed by atoms with Gasteiger partial charge in [0.15, 0.2) is 5.82 Å². The summed E-state index contributed by atoms with van der Waals surface area (Å²) in [5, 5.41) is 13.0. The van der Waals surface area contributed by atoms with Gasteiger partial charge in [0.2, 0.25) is 5.89 Å². The number of carbonyl (C=O) groups is 1. The van der Waals surface area contributed by atoms with Crippen LogP contribution in [0.5, 0.6) is 0 Å². The molecule has 2 heterocycles. The van der Waals surface area contributed by atoms with Gasteiger partial charge in [-0.15, -0.1) is 0 Å². The van der Waals surface area contributed by atoms with Crippen molar-refractivity contribution in [1.82, 2.24) is 19.9 Å². The lowest BCUT2D eigenvalue weighted by molar-refractivity contribution is -0.138. The maximum Gasteiger partial charge on any atom is 0.307 e. The van der Waals surface area contributed by atoms with Crippen molar-refractivity contribution in [2.75, 3.05) is 33.7 Å². The Morgan fingerprint density at radius 2 is 2.20 bits per heavy atom. The molecule has 0 aromatic carbocycles. The van der Waals surface area contributed by atoms with E-state index < -0.39 is 5.97 Å². The van der Waals surface area contributed by atoms with E-state index >= 15 is 0 Å². The summed E-state index contributed by atoms with van der Waals surface area (Å²) >= 11 is 0. The van der Waals surface area contributed by atoms with E-state index in [1.54, 1.807) is 0 Å². The zero-order chi connectivity index (χ0) is 14.3. The fraction of sp³-hybridized carbons (Fsp3) is 0.769. The lowest BCUT2D eigenvalue weighted by Crippen LogP contribution is -2.31. The summed E-state index contributed by atoms with van der Waals surface area (Å²) in [4.78, 5) is 19.8. The molecule has 1 aliphatic carbocycles. The van der Waals surface area contributed by atoms with Crippen LogP contribution in [0.4, 0.5) is 0 Å². The highest BCUT2D eigenvalue weighted by atomic mass is 16.5. The molecular formula is C13H20N4O3. The second-order valence-electron chi connectivity index (χ2n) is 5.89. The summed E-state index contributed by atoms with van der Waals surface area (Å²) in [6, 6.07) is 0.113. The molecule has 3 atom stereocenters. The van der Waals surface area contributed by atoms with Gasteiger partial charge >= 0.3 is 5.97 Å². The van der Waals surface area contributed by atoms with Gasteiger partial charge < -0.3 is 14.5 Å². The van der Waals surface area contributed by atoms with Gasteiger partial charge in [-0.05, 0) is 40.0 Å². The summed E-state index contributed by atoms with van der Waals surface area (Å²) in [5.41, 5.74) is 0. The maximum absolute atomic E-state index is 10.9. The Labute approximate surface area is 117 Å². The third kappa shape index (κ3) is 2.55. The number of rotatable bonds is 3. The van der Waals surface area contributed by atoms with E-state index in [0.29, 0.717) is 18.1 Å². The number of hydrogen-bond acceptors (Lipinski definition) is 6. The van der Waals surface area contributed by atoms with E-state index in [0.717, 1.165) is 26.1 Å². The molecule has 7 heteroatoms. The van der Waals surface area contributed by atoms with E-state index in [2.05, 4.69) is 34.0 Å². The lowest BCUT2D eigenvalue weighted by Gasteiger charge is -2.24. The van der Waals surface area contributed by atoms with Crippen molar-refractivity contribution < 1.29 is 14.4 Å². The van der Waals surface area contributed by atoms with Gasteiger partial charge in [0.1, 0.15) is 0 Å². The van der Waals surface area contributed by atoms with Crippen molar-refractivity contribution in [2.24, 2.45) is 5.92 Å². The molecule has 110 valence electrons. The summed E-state index contributed by atoms with van der Waals surface area (Å²) in [5.74, 6) is -0.0681. The van der Waals surface area contributed by atoms with Crippen LogP contribution < -0.4 is 0 Å². The number of nitrogens with zero attached hydrogens (tertiary/aromatic N) is 4. The Bertz CT molecular complexity index is 504. The number of hydrogen-bond donors (Lipinski definition) is 1. The topological polar surface area (TPSA) is 82.7 Å². The predicted molar refractivity (Wildman–Crippen MR) is 70.3 cm³/mol. The number of aromatic nitrogens is 2. The Balaban J connectivity index is 1.74. The molecule has 1 aromatic heterocycles. The minimum atomic E-state index is -0.777. The van der Waals surface area contributed by atoms with Crippen LogP contribution >= 0.6 is 0 Å². The van der Waals surface area contributed by atoms with Gasteiger partial charge in [-0.25, -0.2) is 0 Å². The molecule has 1 aromatic rings. The molecule has 3 rings (SSSR count). The number of carboxylic acids is 1. The van der Waals surface area contributed by atoms with Crippen molar-refractivity contribution in [2.45, 2.75) is 24.8 Å². The largest absolute Gasteiger partial charge is 0.481 e. The molecule has 0 amide bonds. The lowest BCUT2D eigenvalue weighted by atomic mass is 10.2. The molecule has 2 fully saturated rings. The fourth-order valence-corrected chi connectivity index (χ4v) is 2.82. The average molecular weight is 280 g/mol. The van der Waals surface area contributed by atoms with Crippen LogP contribution in [0.25, 0.3) is 0 Å². The molecule has 1 saturated carbocycles. The van der Waals surface area contributed by atoms with Crippen molar-refractivity contribution in [3.8, 4) is 0 Å². The second-order valence-corrected chi connectivity index (χ2v) is 5.89. The smallest absolute Gasteiger partial charge is 0.307 e. The first-order valence-electron chi connectivity index (χ1n) is 7.01.